The third-order valence-corrected chi connectivity index (χ3v) is 4.58. The van der Waals surface area contributed by atoms with Gasteiger partial charge in [-0.3, -0.25) is 9.20 Å². The molecule has 1 N–H and O–H groups in total. The van der Waals surface area contributed by atoms with Gasteiger partial charge < -0.3 is 14.8 Å². The maximum atomic E-state index is 12.2. The number of methoxy groups -OCH3 is 1. The number of hydrogen-bond donors (Lipinski definition) is 1. The number of aryl methyl sites for hydroxylation is 1. The maximum Gasteiger partial charge on any atom is 0.263 e. The Bertz CT molecular complexity index is 808. The second kappa shape index (κ2) is 6.70. The molecule has 7 heteroatoms. The molecule has 0 aliphatic carbocycles. The molecule has 0 unspecified atom stereocenters. The molecule has 0 bridgehead atoms. The zero-order valence-corrected chi connectivity index (χ0v) is 13.7. The van der Waals surface area contributed by atoms with Crippen molar-refractivity contribution in [3.8, 4) is 11.5 Å². The summed E-state index contributed by atoms with van der Waals surface area (Å²) in [6, 6.07) is 7.33. The highest BCUT2D eigenvalue weighted by molar-refractivity contribution is 7.19. The van der Waals surface area contributed by atoms with Gasteiger partial charge in [0.25, 0.3) is 5.91 Å². The first kappa shape index (κ1) is 15.4. The van der Waals surface area contributed by atoms with E-state index in [9.17, 15) is 4.79 Å². The molecule has 120 valence electrons. The summed E-state index contributed by atoms with van der Waals surface area (Å²) >= 11 is 1.38. The summed E-state index contributed by atoms with van der Waals surface area (Å²) in [6.07, 6.45) is 3.58. The molecule has 3 aromatic rings. The minimum Gasteiger partial charge on any atom is -0.497 e. The van der Waals surface area contributed by atoms with E-state index >= 15 is 0 Å². The lowest BCUT2D eigenvalue weighted by Gasteiger charge is -2.08. The zero-order chi connectivity index (χ0) is 16.2. The molecule has 0 aliphatic heterocycles. The van der Waals surface area contributed by atoms with Gasteiger partial charge in [0.1, 0.15) is 23.0 Å². The van der Waals surface area contributed by atoms with Gasteiger partial charge in [0.05, 0.1) is 13.7 Å². The number of carbonyl (C=O) groups excluding carboxylic acids is 1. The third kappa shape index (κ3) is 3.29. The minimum absolute atomic E-state index is 0.101. The highest BCUT2D eigenvalue weighted by Gasteiger charge is 2.15. The molecular formula is C16H17N3O3S. The molecule has 0 radical (unpaired) electrons. The fraction of sp³-hybridized carbons (Fsp3) is 0.250. The number of nitrogens with one attached hydrogen (secondary N) is 1. The van der Waals surface area contributed by atoms with Gasteiger partial charge in [0.2, 0.25) is 0 Å². The number of hydrogen-bond acceptors (Lipinski definition) is 5. The molecular weight excluding hydrogens is 314 g/mol. The van der Waals surface area contributed by atoms with Crippen molar-refractivity contribution in [1.82, 2.24) is 14.7 Å². The fourth-order valence-corrected chi connectivity index (χ4v) is 3.19. The number of rotatable bonds is 6. The molecule has 2 aromatic heterocycles. The van der Waals surface area contributed by atoms with Crippen LogP contribution >= 0.6 is 11.3 Å². The van der Waals surface area contributed by atoms with Crippen LogP contribution in [0.4, 0.5) is 0 Å². The van der Waals surface area contributed by atoms with Gasteiger partial charge in [-0.15, -0.1) is 0 Å². The largest absolute Gasteiger partial charge is 0.497 e. The van der Waals surface area contributed by atoms with Gasteiger partial charge in [-0.2, -0.15) is 0 Å². The second-order valence-corrected chi connectivity index (χ2v) is 5.85. The molecule has 1 aromatic carbocycles. The monoisotopic (exact) mass is 331 g/mol. The van der Waals surface area contributed by atoms with E-state index in [1.165, 1.54) is 11.3 Å². The average Bonchev–Trinajstić information content (AvgIpc) is 3.15. The van der Waals surface area contributed by atoms with Gasteiger partial charge in [0, 0.05) is 18.1 Å². The Morgan fingerprint density at radius 2 is 2.04 bits per heavy atom. The summed E-state index contributed by atoms with van der Waals surface area (Å²) in [7, 11) is 1.62. The van der Waals surface area contributed by atoms with E-state index in [0.717, 1.165) is 22.2 Å². The predicted molar refractivity (Wildman–Crippen MR) is 88.6 cm³/mol. The highest BCUT2D eigenvalue weighted by atomic mass is 32.1. The number of amides is 1. The smallest absolute Gasteiger partial charge is 0.263 e. The van der Waals surface area contributed by atoms with Crippen molar-refractivity contribution in [2.75, 3.05) is 20.3 Å². The number of ether oxygens (including phenoxy) is 2. The Balaban J connectivity index is 1.50. The van der Waals surface area contributed by atoms with Crippen LogP contribution in [0, 0.1) is 6.92 Å². The summed E-state index contributed by atoms with van der Waals surface area (Å²) in [5.74, 6) is 1.42. The van der Waals surface area contributed by atoms with E-state index in [1.807, 2.05) is 41.8 Å². The SMILES string of the molecule is COc1ccc(OCCNC(=O)c2sc3nccn3c2C)cc1. The van der Waals surface area contributed by atoms with Crippen LogP contribution in [0.15, 0.2) is 36.7 Å². The minimum atomic E-state index is -0.101. The predicted octanol–water partition coefficient (Wildman–Crippen LogP) is 2.52. The zero-order valence-electron chi connectivity index (χ0n) is 12.9. The molecule has 6 nitrogen and oxygen atoms in total. The van der Waals surface area contributed by atoms with Crippen molar-refractivity contribution in [2.45, 2.75) is 6.92 Å². The van der Waals surface area contributed by atoms with Crippen LogP contribution in [0.2, 0.25) is 0 Å². The summed E-state index contributed by atoms with van der Waals surface area (Å²) in [5, 5.41) is 2.86. The number of nitrogens with zero attached hydrogens (tertiary/aromatic N) is 2. The molecule has 0 saturated heterocycles. The quantitative estimate of drug-likeness (QED) is 0.705. The second-order valence-electron chi connectivity index (χ2n) is 4.88. The number of carbonyl (C=O) groups is 1. The number of thiazole rings is 1. The summed E-state index contributed by atoms with van der Waals surface area (Å²) < 4.78 is 12.6. The topological polar surface area (TPSA) is 64.9 Å². The molecule has 3 rings (SSSR count). The highest BCUT2D eigenvalue weighted by Crippen LogP contribution is 2.21. The van der Waals surface area contributed by atoms with Crippen LogP contribution in [-0.2, 0) is 0 Å². The van der Waals surface area contributed by atoms with Crippen molar-refractivity contribution in [1.29, 1.82) is 0 Å². The van der Waals surface area contributed by atoms with E-state index in [-0.39, 0.29) is 5.91 Å². The number of benzene rings is 1. The van der Waals surface area contributed by atoms with Crippen LogP contribution in [0.25, 0.3) is 4.96 Å². The molecule has 23 heavy (non-hydrogen) atoms. The van der Waals surface area contributed by atoms with Crippen molar-refractivity contribution in [2.24, 2.45) is 0 Å². The van der Waals surface area contributed by atoms with Crippen LogP contribution in [0.3, 0.4) is 0 Å². The molecule has 0 fully saturated rings. The maximum absolute atomic E-state index is 12.2. The van der Waals surface area contributed by atoms with E-state index in [4.69, 9.17) is 9.47 Å². The van der Waals surface area contributed by atoms with E-state index < -0.39 is 0 Å². The van der Waals surface area contributed by atoms with E-state index in [1.54, 1.807) is 13.3 Å². The lowest BCUT2D eigenvalue weighted by Crippen LogP contribution is -2.28. The number of fused-ring (bicyclic) bond motifs is 1. The van der Waals surface area contributed by atoms with Gasteiger partial charge in [-0.05, 0) is 31.2 Å². The van der Waals surface area contributed by atoms with Gasteiger partial charge in [-0.1, -0.05) is 11.3 Å². The van der Waals surface area contributed by atoms with E-state index in [2.05, 4.69) is 10.3 Å². The Hall–Kier alpha value is -2.54. The van der Waals surface area contributed by atoms with Gasteiger partial charge in [0.15, 0.2) is 4.96 Å². The van der Waals surface area contributed by atoms with Crippen LogP contribution in [0.5, 0.6) is 11.5 Å². The van der Waals surface area contributed by atoms with Crippen molar-refractivity contribution in [3.63, 3.8) is 0 Å². The Kier molecular flexibility index (Phi) is 4.47. The standard InChI is InChI=1S/C16H17N3O3S/c1-11-14(23-16-18-7-9-19(11)16)15(20)17-8-10-22-13-5-3-12(21-2)4-6-13/h3-7,9H,8,10H2,1-2H3,(H,17,20). The van der Waals surface area contributed by atoms with Gasteiger partial charge in [-0.25, -0.2) is 4.98 Å². The summed E-state index contributed by atoms with van der Waals surface area (Å²) in [5.41, 5.74) is 0.899. The van der Waals surface area contributed by atoms with E-state index in [0.29, 0.717) is 18.0 Å². The first-order chi connectivity index (χ1) is 11.2. The Labute approximate surface area is 137 Å². The molecule has 1 amide bonds. The summed E-state index contributed by atoms with van der Waals surface area (Å²) in [6.45, 7) is 2.75. The first-order valence-electron chi connectivity index (χ1n) is 7.16. The van der Waals surface area contributed by atoms with Crippen LogP contribution < -0.4 is 14.8 Å². The summed E-state index contributed by atoms with van der Waals surface area (Å²) in [4.78, 5) is 17.9. The van der Waals surface area contributed by atoms with Crippen molar-refractivity contribution in [3.05, 3.63) is 47.2 Å². The Morgan fingerprint density at radius 1 is 1.30 bits per heavy atom. The molecule has 0 aliphatic rings. The fourth-order valence-electron chi connectivity index (χ4n) is 2.19. The van der Waals surface area contributed by atoms with Crippen LogP contribution in [-0.4, -0.2) is 35.6 Å². The lowest BCUT2D eigenvalue weighted by molar-refractivity contribution is 0.0950. The average molecular weight is 331 g/mol. The van der Waals surface area contributed by atoms with Crippen molar-refractivity contribution < 1.29 is 14.3 Å². The molecule has 0 spiro atoms. The number of aromatic nitrogens is 2. The molecule has 0 atom stereocenters. The Morgan fingerprint density at radius 3 is 2.74 bits per heavy atom. The lowest BCUT2D eigenvalue weighted by atomic mass is 10.3. The van der Waals surface area contributed by atoms with Gasteiger partial charge >= 0.3 is 0 Å². The molecule has 0 saturated carbocycles. The normalized spacial score (nSPS) is 10.7. The molecule has 2 heterocycles. The third-order valence-electron chi connectivity index (χ3n) is 3.41. The number of imidazole rings is 1. The first-order valence-corrected chi connectivity index (χ1v) is 7.98. The van der Waals surface area contributed by atoms with Crippen molar-refractivity contribution >= 4 is 22.2 Å². The van der Waals surface area contributed by atoms with Crippen LogP contribution in [0.1, 0.15) is 15.4 Å².